The summed E-state index contributed by atoms with van der Waals surface area (Å²) in [4.78, 5) is 0. The van der Waals surface area contributed by atoms with Crippen LogP contribution < -0.4 is 14.8 Å². The zero-order chi connectivity index (χ0) is 13.8. The highest BCUT2D eigenvalue weighted by molar-refractivity contribution is 6.32. The fraction of sp³-hybridized carbons (Fsp3) is 0.600. The molecule has 19 heavy (non-hydrogen) atoms. The predicted molar refractivity (Wildman–Crippen MR) is 79.6 cm³/mol. The van der Waals surface area contributed by atoms with E-state index < -0.39 is 0 Å². The SMILES string of the molecule is COc1cc(NC2CCC(C)CC2)c(OC)cc1Cl. The van der Waals surface area contributed by atoms with Gasteiger partial charge < -0.3 is 14.8 Å². The van der Waals surface area contributed by atoms with Crippen LogP contribution in [0.4, 0.5) is 5.69 Å². The number of nitrogens with one attached hydrogen (secondary N) is 1. The molecule has 0 spiro atoms. The lowest BCUT2D eigenvalue weighted by atomic mass is 9.87. The molecule has 0 aliphatic heterocycles. The molecule has 0 bridgehead atoms. The average molecular weight is 284 g/mol. The van der Waals surface area contributed by atoms with Crippen LogP contribution in [0, 0.1) is 5.92 Å². The third-order valence-corrected chi connectivity index (χ3v) is 4.14. The number of methoxy groups -OCH3 is 2. The summed E-state index contributed by atoms with van der Waals surface area (Å²) in [5.41, 5.74) is 0.961. The van der Waals surface area contributed by atoms with Crippen LogP contribution in [0.25, 0.3) is 0 Å². The standard InChI is InChI=1S/C15H22ClNO2/c1-10-4-6-11(7-5-10)17-13-9-14(18-2)12(16)8-15(13)19-3/h8-11,17H,4-7H2,1-3H3. The Morgan fingerprint density at radius 2 is 1.68 bits per heavy atom. The van der Waals surface area contributed by atoms with Gasteiger partial charge in [-0.3, -0.25) is 0 Å². The Morgan fingerprint density at radius 3 is 2.26 bits per heavy atom. The highest BCUT2D eigenvalue weighted by Crippen LogP contribution is 2.37. The van der Waals surface area contributed by atoms with E-state index >= 15 is 0 Å². The van der Waals surface area contributed by atoms with E-state index in [1.807, 2.05) is 6.07 Å². The zero-order valence-corrected chi connectivity index (χ0v) is 12.6. The smallest absolute Gasteiger partial charge is 0.143 e. The van der Waals surface area contributed by atoms with E-state index in [0.717, 1.165) is 17.4 Å². The van der Waals surface area contributed by atoms with E-state index in [0.29, 0.717) is 16.8 Å². The number of hydrogen-bond acceptors (Lipinski definition) is 3. The molecule has 106 valence electrons. The van der Waals surface area contributed by atoms with Crippen molar-refractivity contribution in [3.05, 3.63) is 17.2 Å². The third kappa shape index (κ3) is 3.47. The molecule has 1 fully saturated rings. The van der Waals surface area contributed by atoms with Gasteiger partial charge in [0.1, 0.15) is 11.5 Å². The summed E-state index contributed by atoms with van der Waals surface area (Å²) >= 11 is 6.11. The molecular weight excluding hydrogens is 262 g/mol. The normalized spacial score (nSPS) is 22.9. The Hall–Kier alpha value is -1.09. The fourth-order valence-corrected chi connectivity index (χ4v) is 2.83. The zero-order valence-electron chi connectivity index (χ0n) is 11.8. The Kier molecular flexibility index (Phi) is 4.81. The molecule has 0 saturated heterocycles. The van der Waals surface area contributed by atoms with E-state index in [4.69, 9.17) is 21.1 Å². The van der Waals surface area contributed by atoms with Gasteiger partial charge in [-0.1, -0.05) is 18.5 Å². The summed E-state index contributed by atoms with van der Waals surface area (Å²) < 4.78 is 10.6. The molecule has 0 unspecified atom stereocenters. The Bertz CT molecular complexity index is 428. The molecule has 0 heterocycles. The molecule has 2 rings (SSSR count). The van der Waals surface area contributed by atoms with E-state index in [9.17, 15) is 0 Å². The molecule has 1 aromatic rings. The summed E-state index contributed by atoms with van der Waals surface area (Å²) in [6, 6.07) is 4.23. The molecule has 0 atom stereocenters. The molecule has 0 aromatic heterocycles. The molecule has 0 amide bonds. The maximum absolute atomic E-state index is 6.11. The summed E-state index contributed by atoms with van der Waals surface area (Å²) in [5, 5.41) is 4.13. The average Bonchev–Trinajstić information content (AvgIpc) is 2.42. The van der Waals surface area contributed by atoms with Gasteiger partial charge in [0, 0.05) is 18.2 Å². The van der Waals surface area contributed by atoms with Gasteiger partial charge in [0.05, 0.1) is 24.9 Å². The largest absolute Gasteiger partial charge is 0.495 e. The van der Waals surface area contributed by atoms with Gasteiger partial charge in [-0.25, -0.2) is 0 Å². The molecule has 4 heteroatoms. The number of rotatable bonds is 4. The van der Waals surface area contributed by atoms with E-state index in [1.54, 1.807) is 20.3 Å². The summed E-state index contributed by atoms with van der Waals surface area (Å²) in [7, 11) is 3.28. The van der Waals surface area contributed by atoms with Crippen molar-refractivity contribution in [2.75, 3.05) is 19.5 Å². The van der Waals surface area contributed by atoms with Crippen molar-refractivity contribution in [1.82, 2.24) is 0 Å². The van der Waals surface area contributed by atoms with Crippen molar-refractivity contribution >= 4 is 17.3 Å². The van der Waals surface area contributed by atoms with Crippen LogP contribution in [0.5, 0.6) is 11.5 Å². The molecule has 1 saturated carbocycles. The van der Waals surface area contributed by atoms with Crippen LogP contribution >= 0.6 is 11.6 Å². The lowest BCUT2D eigenvalue weighted by molar-refractivity contribution is 0.359. The minimum Gasteiger partial charge on any atom is -0.495 e. The molecule has 1 N–H and O–H groups in total. The van der Waals surface area contributed by atoms with Gasteiger partial charge in [-0.05, 0) is 31.6 Å². The number of anilines is 1. The predicted octanol–water partition coefficient (Wildman–Crippen LogP) is 4.35. The van der Waals surface area contributed by atoms with Crippen molar-refractivity contribution in [2.45, 2.75) is 38.6 Å². The van der Waals surface area contributed by atoms with Crippen LogP contribution in [0.2, 0.25) is 5.02 Å². The van der Waals surface area contributed by atoms with Crippen LogP contribution in [0.1, 0.15) is 32.6 Å². The minimum atomic E-state index is 0.510. The van der Waals surface area contributed by atoms with Gasteiger partial charge in [0.25, 0.3) is 0 Å². The second-order valence-corrected chi connectivity index (χ2v) is 5.70. The topological polar surface area (TPSA) is 30.5 Å². The van der Waals surface area contributed by atoms with Gasteiger partial charge in [0.2, 0.25) is 0 Å². The van der Waals surface area contributed by atoms with E-state index in [-0.39, 0.29) is 0 Å². The lowest BCUT2D eigenvalue weighted by Gasteiger charge is -2.28. The van der Waals surface area contributed by atoms with Crippen LogP contribution in [-0.2, 0) is 0 Å². The quantitative estimate of drug-likeness (QED) is 0.891. The Labute approximate surface area is 120 Å². The highest BCUT2D eigenvalue weighted by Gasteiger charge is 2.20. The maximum Gasteiger partial charge on any atom is 0.143 e. The Morgan fingerprint density at radius 1 is 1.05 bits per heavy atom. The van der Waals surface area contributed by atoms with Gasteiger partial charge in [0.15, 0.2) is 0 Å². The van der Waals surface area contributed by atoms with Gasteiger partial charge in [-0.15, -0.1) is 0 Å². The summed E-state index contributed by atoms with van der Waals surface area (Å²) in [6.45, 7) is 2.32. The van der Waals surface area contributed by atoms with Gasteiger partial charge >= 0.3 is 0 Å². The first-order chi connectivity index (χ1) is 9.13. The first kappa shape index (κ1) is 14.3. The molecule has 1 aliphatic rings. The summed E-state index contributed by atoms with van der Waals surface area (Å²) in [6.07, 6.45) is 4.97. The number of hydrogen-bond donors (Lipinski definition) is 1. The van der Waals surface area contributed by atoms with Crippen LogP contribution in [-0.4, -0.2) is 20.3 Å². The monoisotopic (exact) mass is 283 g/mol. The molecule has 1 aliphatic carbocycles. The van der Waals surface area contributed by atoms with Crippen molar-refractivity contribution in [3.8, 4) is 11.5 Å². The van der Waals surface area contributed by atoms with Crippen LogP contribution in [0.15, 0.2) is 12.1 Å². The van der Waals surface area contributed by atoms with Crippen LogP contribution in [0.3, 0.4) is 0 Å². The maximum atomic E-state index is 6.11. The molecule has 1 aromatic carbocycles. The van der Waals surface area contributed by atoms with Gasteiger partial charge in [-0.2, -0.15) is 0 Å². The second kappa shape index (κ2) is 6.38. The van der Waals surface area contributed by atoms with Crippen molar-refractivity contribution < 1.29 is 9.47 Å². The molecule has 0 radical (unpaired) electrons. The van der Waals surface area contributed by atoms with E-state index in [2.05, 4.69) is 12.2 Å². The first-order valence-electron chi connectivity index (χ1n) is 6.82. The Balaban J connectivity index is 2.14. The van der Waals surface area contributed by atoms with E-state index in [1.165, 1.54) is 25.7 Å². The van der Waals surface area contributed by atoms with Crippen molar-refractivity contribution in [2.24, 2.45) is 5.92 Å². The lowest BCUT2D eigenvalue weighted by Crippen LogP contribution is -2.25. The summed E-state index contributed by atoms with van der Waals surface area (Å²) in [5.74, 6) is 2.29. The minimum absolute atomic E-state index is 0.510. The molecular formula is C15H22ClNO2. The fourth-order valence-electron chi connectivity index (χ4n) is 2.60. The highest BCUT2D eigenvalue weighted by atomic mass is 35.5. The van der Waals surface area contributed by atoms with Crippen molar-refractivity contribution in [3.63, 3.8) is 0 Å². The molecule has 3 nitrogen and oxygen atoms in total. The number of halogens is 1. The third-order valence-electron chi connectivity index (χ3n) is 3.85. The number of ether oxygens (including phenoxy) is 2. The second-order valence-electron chi connectivity index (χ2n) is 5.29. The van der Waals surface area contributed by atoms with Crippen molar-refractivity contribution in [1.29, 1.82) is 0 Å². The first-order valence-corrected chi connectivity index (χ1v) is 7.20. The number of benzene rings is 1.